The highest BCUT2D eigenvalue weighted by atomic mass is 32.2. The molecule has 2 aromatic heterocycles. The maximum absolute atomic E-state index is 13.7. The monoisotopic (exact) mass is 463 g/mol. The SMILES string of the molecule is NS(=O)(=O)c1cc(NC(=O)c2cc3cc(F)ccc3nc2N2CC3C(C2)C3(F)F)ccn1. The first-order valence-electron chi connectivity index (χ1n) is 9.57. The van der Waals surface area contributed by atoms with E-state index in [9.17, 15) is 26.4 Å². The summed E-state index contributed by atoms with van der Waals surface area (Å²) >= 11 is 0. The molecule has 0 spiro atoms. The number of halogens is 3. The number of carbonyl (C=O) groups is 1. The molecule has 32 heavy (non-hydrogen) atoms. The first-order valence-corrected chi connectivity index (χ1v) is 11.1. The van der Waals surface area contributed by atoms with Gasteiger partial charge in [-0.25, -0.2) is 36.7 Å². The third kappa shape index (κ3) is 3.45. The van der Waals surface area contributed by atoms with Gasteiger partial charge in [-0.1, -0.05) is 0 Å². The molecule has 166 valence electrons. The first kappa shape index (κ1) is 20.6. The standard InChI is InChI=1S/C20H16F3N5O3S/c21-11-1-2-16-10(5-11)6-13(18(27-16)28-8-14-15(9-28)20(14,22)23)19(29)26-12-3-4-25-17(7-12)32(24,30)31/h1-7,14-15H,8-9H2,(H2,24,30,31)(H,25,26,29). The van der Waals surface area contributed by atoms with Gasteiger partial charge in [0.25, 0.3) is 21.9 Å². The minimum Gasteiger partial charge on any atom is -0.355 e. The second-order valence-electron chi connectivity index (χ2n) is 7.87. The Morgan fingerprint density at radius 1 is 1.16 bits per heavy atom. The molecule has 1 aromatic carbocycles. The predicted molar refractivity (Wildman–Crippen MR) is 109 cm³/mol. The summed E-state index contributed by atoms with van der Waals surface area (Å²) in [4.78, 5) is 22.8. The predicted octanol–water partition coefficient (Wildman–Crippen LogP) is 2.37. The van der Waals surface area contributed by atoms with Crippen LogP contribution in [0.1, 0.15) is 10.4 Å². The Labute approximate surface area is 180 Å². The van der Waals surface area contributed by atoms with E-state index in [1.807, 2.05) is 0 Å². The number of carbonyl (C=O) groups excluding carboxylic acids is 1. The minimum absolute atomic E-state index is 0.0432. The highest BCUT2D eigenvalue weighted by Gasteiger charge is 2.71. The molecule has 1 aliphatic heterocycles. The average Bonchev–Trinajstić information content (AvgIpc) is 3.06. The number of nitrogens with two attached hydrogens (primary N) is 1. The number of rotatable bonds is 4. The molecule has 1 saturated heterocycles. The van der Waals surface area contributed by atoms with Gasteiger partial charge in [-0.05, 0) is 30.3 Å². The van der Waals surface area contributed by atoms with Crippen LogP contribution in [0.5, 0.6) is 0 Å². The summed E-state index contributed by atoms with van der Waals surface area (Å²) in [5.41, 5.74) is 0.558. The van der Waals surface area contributed by atoms with Crippen molar-refractivity contribution in [2.45, 2.75) is 10.9 Å². The number of benzene rings is 1. The number of alkyl halides is 2. The Kier molecular flexibility index (Phi) is 4.43. The molecule has 5 rings (SSSR count). The van der Waals surface area contributed by atoms with Crippen LogP contribution in [0.3, 0.4) is 0 Å². The summed E-state index contributed by atoms with van der Waals surface area (Å²) in [6.07, 6.45) is 1.17. The van der Waals surface area contributed by atoms with E-state index in [0.717, 1.165) is 6.07 Å². The largest absolute Gasteiger partial charge is 0.355 e. The van der Waals surface area contributed by atoms with Crippen LogP contribution in [-0.2, 0) is 10.0 Å². The Hall–Kier alpha value is -3.25. The van der Waals surface area contributed by atoms with Crippen LogP contribution in [-0.4, -0.2) is 43.3 Å². The van der Waals surface area contributed by atoms with E-state index in [-0.39, 0.29) is 30.2 Å². The van der Waals surface area contributed by atoms with E-state index in [2.05, 4.69) is 15.3 Å². The van der Waals surface area contributed by atoms with Gasteiger partial charge >= 0.3 is 0 Å². The van der Waals surface area contributed by atoms with Crippen molar-refractivity contribution in [3.8, 4) is 0 Å². The maximum Gasteiger partial charge on any atom is 0.259 e. The van der Waals surface area contributed by atoms with Crippen LogP contribution in [0, 0.1) is 17.7 Å². The molecule has 1 saturated carbocycles. The summed E-state index contributed by atoms with van der Waals surface area (Å²) in [6.45, 7) is 0.0882. The van der Waals surface area contributed by atoms with Gasteiger partial charge in [-0.15, -0.1) is 0 Å². The zero-order valence-electron chi connectivity index (χ0n) is 16.3. The normalized spacial score (nSPS) is 21.4. The van der Waals surface area contributed by atoms with Crippen LogP contribution >= 0.6 is 0 Å². The maximum atomic E-state index is 13.7. The lowest BCUT2D eigenvalue weighted by atomic mass is 10.1. The Morgan fingerprint density at radius 3 is 2.56 bits per heavy atom. The zero-order valence-corrected chi connectivity index (χ0v) is 17.1. The molecule has 2 fully saturated rings. The van der Waals surface area contributed by atoms with E-state index in [4.69, 9.17) is 5.14 Å². The number of nitrogens with one attached hydrogen (secondary N) is 1. The second-order valence-corrected chi connectivity index (χ2v) is 9.38. The van der Waals surface area contributed by atoms with Gasteiger partial charge < -0.3 is 10.2 Å². The van der Waals surface area contributed by atoms with Crippen LogP contribution in [0.4, 0.5) is 24.7 Å². The van der Waals surface area contributed by atoms with E-state index in [1.165, 1.54) is 36.5 Å². The molecule has 2 unspecified atom stereocenters. The van der Waals surface area contributed by atoms with Crippen LogP contribution in [0.15, 0.2) is 47.6 Å². The van der Waals surface area contributed by atoms with Crippen molar-refractivity contribution < 1.29 is 26.4 Å². The third-order valence-electron chi connectivity index (χ3n) is 5.78. The van der Waals surface area contributed by atoms with Crippen molar-refractivity contribution in [2.75, 3.05) is 23.3 Å². The number of anilines is 2. The molecular weight excluding hydrogens is 447 g/mol. The number of pyridine rings is 2. The van der Waals surface area contributed by atoms with Gasteiger partial charge in [-0.2, -0.15) is 0 Å². The van der Waals surface area contributed by atoms with Crippen molar-refractivity contribution in [1.82, 2.24) is 9.97 Å². The average molecular weight is 463 g/mol. The van der Waals surface area contributed by atoms with E-state index < -0.39 is 44.5 Å². The molecular formula is C20H16F3N5O3S. The number of piperidine rings is 1. The molecule has 8 nitrogen and oxygen atoms in total. The number of nitrogens with zero attached hydrogens (tertiary/aromatic N) is 3. The number of amides is 1. The Morgan fingerprint density at radius 2 is 1.88 bits per heavy atom. The van der Waals surface area contributed by atoms with E-state index in [0.29, 0.717) is 10.9 Å². The molecule has 0 bridgehead atoms. The first-order chi connectivity index (χ1) is 15.0. The van der Waals surface area contributed by atoms with Gasteiger partial charge in [0, 0.05) is 36.4 Å². The lowest BCUT2D eigenvalue weighted by Crippen LogP contribution is -2.30. The highest BCUT2D eigenvalue weighted by Crippen LogP contribution is 2.59. The quantitative estimate of drug-likeness (QED) is 0.613. The molecule has 2 atom stereocenters. The molecule has 3 N–H and O–H groups in total. The molecule has 2 aliphatic rings. The number of hydrogen-bond donors (Lipinski definition) is 2. The highest BCUT2D eigenvalue weighted by molar-refractivity contribution is 7.89. The fraction of sp³-hybridized carbons (Fsp3) is 0.250. The summed E-state index contributed by atoms with van der Waals surface area (Å²) in [5.74, 6) is -5.28. The van der Waals surface area contributed by atoms with Gasteiger partial charge in [0.15, 0.2) is 5.03 Å². The minimum atomic E-state index is -4.09. The molecule has 1 amide bonds. The van der Waals surface area contributed by atoms with Crippen molar-refractivity contribution in [3.63, 3.8) is 0 Å². The summed E-state index contributed by atoms with van der Waals surface area (Å²) < 4.78 is 64.1. The number of fused-ring (bicyclic) bond motifs is 2. The number of hydrogen-bond acceptors (Lipinski definition) is 6. The third-order valence-corrected chi connectivity index (χ3v) is 6.59. The molecule has 12 heteroatoms. The van der Waals surface area contributed by atoms with Crippen LogP contribution < -0.4 is 15.4 Å². The Bertz CT molecular complexity index is 1370. The number of sulfonamides is 1. The van der Waals surface area contributed by atoms with Crippen molar-refractivity contribution in [2.24, 2.45) is 17.0 Å². The Balaban J connectivity index is 1.52. The van der Waals surface area contributed by atoms with Crippen molar-refractivity contribution in [3.05, 3.63) is 54.0 Å². The molecule has 3 aromatic rings. The van der Waals surface area contributed by atoms with Gasteiger partial charge in [0.05, 0.1) is 22.9 Å². The van der Waals surface area contributed by atoms with Crippen molar-refractivity contribution in [1.29, 1.82) is 0 Å². The fourth-order valence-electron chi connectivity index (χ4n) is 4.07. The van der Waals surface area contributed by atoms with Gasteiger partial charge in [0.1, 0.15) is 11.6 Å². The molecule has 3 heterocycles. The summed E-state index contributed by atoms with van der Waals surface area (Å²) in [6, 6.07) is 7.77. The lowest BCUT2D eigenvalue weighted by Gasteiger charge is -2.24. The van der Waals surface area contributed by atoms with Crippen LogP contribution in [0.25, 0.3) is 10.9 Å². The molecule has 1 aliphatic carbocycles. The van der Waals surface area contributed by atoms with E-state index >= 15 is 0 Å². The molecule has 0 radical (unpaired) electrons. The second kappa shape index (κ2) is 6.87. The summed E-state index contributed by atoms with van der Waals surface area (Å²) in [5, 5.41) is 7.54. The van der Waals surface area contributed by atoms with Crippen LogP contribution in [0.2, 0.25) is 0 Å². The number of aromatic nitrogens is 2. The van der Waals surface area contributed by atoms with E-state index in [1.54, 1.807) is 4.90 Å². The summed E-state index contributed by atoms with van der Waals surface area (Å²) in [7, 11) is -4.09. The zero-order chi connectivity index (χ0) is 22.8. The topological polar surface area (TPSA) is 118 Å². The van der Waals surface area contributed by atoms with Gasteiger partial charge in [-0.3, -0.25) is 4.79 Å². The smallest absolute Gasteiger partial charge is 0.259 e. The van der Waals surface area contributed by atoms with Gasteiger partial charge in [0.2, 0.25) is 0 Å². The number of primary sulfonamides is 1. The van der Waals surface area contributed by atoms with Crippen molar-refractivity contribution >= 4 is 38.3 Å². The lowest BCUT2D eigenvalue weighted by molar-refractivity contribution is 0.0797. The fourth-order valence-corrected chi connectivity index (χ4v) is 4.57.